The summed E-state index contributed by atoms with van der Waals surface area (Å²) < 4.78 is 4.18. The van der Waals surface area contributed by atoms with Crippen molar-refractivity contribution in [3.8, 4) is 0 Å². The van der Waals surface area contributed by atoms with Crippen LogP contribution in [-0.4, -0.2) is 27.2 Å². The van der Waals surface area contributed by atoms with Crippen LogP contribution in [0.1, 0.15) is 23.1 Å². The van der Waals surface area contributed by atoms with Crippen LogP contribution >= 0.6 is 11.5 Å². The predicted molar refractivity (Wildman–Crippen MR) is 113 cm³/mol. The second-order valence-electron chi connectivity index (χ2n) is 5.76. The molecule has 2 heterocycles. The van der Waals surface area contributed by atoms with Crippen LogP contribution in [0, 0.1) is 6.92 Å². The van der Waals surface area contributed by atoms with E-state index in [-0.39, 0.29) is 5.69 Å². The van der Waals surface area contributed by atoms with E-state index in [0.717, 1.165) is 10.7 Å². The van der Waals surface area contributed by atoms with E-state index in [1.54, 1.807) is 24.3 Å². The normalized spacial score (nSPS) is 12.6. The number of pyridine rings is 1. The average molecular weight is 398 g/mol. The number of allylic oxidation sites excluding steroid dienone is 5. The maximum absolute atomic E-state index is 11.7. The van der Waals surface area contributed by atoms with E-state index in [0.29, 0.717) is 11.4 Å². The molecule has 0 aromatic carbocycles. The Hall–Kier alpha value is -3.46. The van der Waals surface area contributed by atoms with Crippen LogP contribution < -0.4 is 22.1 Å². The van der Waals surface area contributed by atoms with Gasteiger partial charge < -0.3 is 22.1 Å². The van der Waals surface area contributed by atoms with Crippen LogP contribution in [-0.2, 0) is 4.79 Å². The molecule has 2 aromatic heterocycles. The van der Waals surface area contributed by atoms with Gasteiger partial charge in [0.05, 0.1) is 23.3 Å². The molecule has 0 aliphatic rings. The number of hydrogen-bond acceptors (Lipinski definition) is 7. The van der Waals surface area contributed by atoms with Crippen molar-refractivity contribution in [3.05, 3.63) is 66.2 Å². The predicted octanol–water partition coefficient (Wildman–Crippen LogP) is 2.64. The van der Waals surface area contributed by atoms with E-state index in [2.05, 4.69) is 20.0 Å². The number of rotatable bonds is 9. The number of nitrogens with one attached hydrogen (secondary N) is 2. The fourth-order valence-corrected chi connectivity index (χ4v) is 2.87. The minimum atomic E-state index is -0.755. The Morgan fingerprint density at radius 2 is 1.93 bits per heavy atom. The number of nitrogens with two attached hydrogens (primary N) is 2. The molecule has 9 heteroatoms. The third-order valence-corrected chi connectivity index (χ3v) is 4.26. The summed E-state index contributed by atoms with van der Waals surface area (Å²) in [5, 5.41) is 6.81. The van der Waals surface area contributed by atoms with Crippen molar-refractivity contribution in [1.82, 2.24) is 9.36 Å². The summed E-state index contributed by atoms with van der Waals surface area (Å²) in [6, 6.07) is 2.72. The first kappa shape index (κ1) is 20.8. The largest absolute Gasteiger partial charge is 0.369 e. The number of anilines is 3. The minimum absolute atomic E-state index is 0.0806. The third kappa shape index (κ3) is 6.06. The summed E-state index contributed by atoms with van der Waals surface area (Å²) in [4.78, 5) is 27.5. The zero-order valence-electron chi connectivity index (χ0n) is 15.5. The molecule has 0 saturated carbocycles. The van der Waals surface area contributed by atoms with E-state index < -0.39 is 17.9 Å². The third-order valence-electron chi connectivity index (χ3n) is 3.46. The van der Waals surface area contributed by atoms with Crippen molar-refractivity contribution in [2.24, 2.45) is 11.5 Å². The van der Waals surface area contributed by atoms with E-state index in [1.807, 2.05) is 38.1 Å². The molecule has 0 fully saturated rings. The second-order valence-corrected chi connectivity index (χ2v) is 6.57. The molecule has 0 spiro atoms. The molecule has 0 aliphatic heterocycles. The van der Waals surface area contributed by atoms with Crippen LogP contribution in [0.3, 0.4) is 0 Å². The van der Waals surface area contributed by atoms with Gasteiger partial charge in [0.25, 0.3) is 5.91 Å². The van der Waals surface area contributed by atoms with Crippen LogP contribution in [0.5, 0.6) is 0 Å². The van der Waals surface area contributed by atoms with Crippen LogP contribution in [0.25, 0.3) is 0 Å². The molecule has 2 aromatic rings. The first-order valence-electron chi connectivity index (χ1n) is 8.43. The highest BCUT2D eigenvalue weighted by atomic mass is 32.1. The lowest BCUT2D eigenvalue weighted by Crippen LogP contribution is -2.33. The number of amides is 2. The summed E-state index contributed by atoms with van der Waals surface area (Å²) in [5.41, 5.74) is 12.7. The second kappa shape index (κ2) is 10.0. The highest BCUT2D eigenvalue weighted by molar-refractivity contribution is 7.10. The minimum Gasteiger partial charge on any atom is -0.369 e. The number of carbonyl (C=O) groups is 2. The van der Waals surface area contributed by atoms with Gasteiger partial charge in [-0.05, 0) is 37.5 Å². The number of aryl methyl sites for hydroxylation is 1. The highest BCUT2D eigenvalue weighted by Gasteiger charge is 2.15. The van der Waals surface area contributed by atoms with Gasteiger partial charge in [0.2, 0.25) is 5.91 Å². The van der Waals surface area contributed by atoms with Gasteiger partial charge in [0.1, 0.15) is 11.0 Å². The Morgan fingerprint density at radius 3 is 2.54 bits per heavy atom. The van der Waals surface area contributed by atoms with Gasteiger partial charge in [-0.1, -0.05) is 36.5 Å². The molecular weight excluding hydrogens is 376 g/mol. The van der Waals surface area contributed by atoms with Gasteiger partial charge >= 0.3 is 0 Å². The van der Waals surface area contributed by atoms with Crippen molar-refractivity contribution < 1.29 is 9.59 Å². The smallest absolute Gasteiger partial charge is 0.269 e. The number of carbonyl (C=O) groups excluding carboxylic acids is 2. The Morgan fingerprint density at radius 1 is 1.18 bits per heavy atom. The highest BCUT2D eigenvalue weighted by Crippen LogP contribution is 2.26. The van der Waals surface area contributed by atoms with Crippen molar-refractivity contribution in [2.75, 3.05) is 10.6 Å². The van der Waals surface area contributed by atoms with Crippen molar-refractivity contribution in [2.45, 2.75) is 19.9 Å². The molecule has 0 unspecified atom stereocenters. The first-order valence-corrected chi connectivity index (χ1v) is 9.20. The molecular formula is C19H22N6O2S. The van der Waals surface area contributed by atoms with Crippen LogP contribution in [0.2, 0.25) is 0 Å². The zero-order chi connectivity index (χ0) is 20.5. The van der Waals surface area contributed by atoms with Gasteiger partial charge in [-0.2, -0.15) is 4.37 Å². The molecule has 6 N–H and O–H groups in total. The standard InChI is InChI=1S/C19H22N6O2S/c1-3-4-5-6-7-8-14(18(20)26)23-13-10-15(17(19(21)27)22-11-13)24-16-9-12(2)25-28-16/h3-11,14,23-24H,1-2H3,(H2,20,26)(H2,21,27)/b4-3-,6-5-,8-7+/t14-/m1/s1. The monoisotopic (exact) mass is 398 g/mol. The quantitative estimate of drug-likeness (QED) is 0.479. The SMILES string of the molecule is C\C=C/C=C\C=C\[C@@H](Nc1cnc(C(N)=O)c(Nc2cc(C)ns2)c1)C(N)=O. The number of primary amides is 2. The number of nitrogens with zero attached hydrogens (tertiary/aromatic N) is 2. The number of aromatic nitrogens is 2. The van der Waals surface area contributed by atoms with Crippen molar-refractivity contribution in [3.63, 3.8) is 0 Å². The summed E-state index contributed by atoms with van der Waals surface area (Å²) in [6.45, 7) is 3.77. The molecule has 1 atom stereocenters. The Kier molecular flexibility index (Phi) is 7.46. The van der Waals surface area contributed by atoms with Crippen LogP contribution in [0.4, 0.5) is 16.4 Å². The van der Waals surface area contributed by atoms with E-state index in [1.165, 1.54) is 17.7 Å². The maximum atomic E-state index is 11.7. The summed E-state index contributed by atoms with van der Waals surface area (Å²) in [6.07, 6.45) is 12.1. The molecule has 146 valence electrons. The average Bonchev–Trinajstić information content (AvgIpc) is 3.05. The molecule has 2 rings (SSSR count). The van der Waals surface area contributed by atoms with Gasteiger partial charge in [0, 0.05) is 0 Å². The molecule has 2 amide bonds. The lowest BCUT2D eigenvalue weighted by molar-refractivity contribution is -0.117. The Balaban J connectivity index is 2.24. The van der Waals surface area contributed by atoms with E-state index in [4.69, 9.17) is 11.5 Å². The van der Waals surface area contributed by atoms with E-state index >= 15 is 0 Å². The summed E-state index contributed by atoms with van der Waals surface area (Å²) in [5.74, 6) is -1.22. The van der Waals surface area contributed by atoms with Gasteiger partial charge in [-0.15, -0.1) is 0 Å². The topological polar surface area (TPSA) is 136 Å². The Labute approximate surface area is 167 Å². The molecule has 28 heavy (non-hydrogen) atoms. The zero-order valence-corrected chi connectivity index (χ0v) is 16.4. The first-order chi connectivity index (χ1) is 13.4. The molecule has 8 nitrogen and oxygen atoms in total. The van der Waals surface area contributed by atoms with Gasteiger partial charge in [-0.25, -0.2) is 4.98 Å². The van der Waals surface area contributed by atoms with Gasteiger partial charge in [-0.3, -0.25) is 9.59 Å². The van der Waals surface area contributed by atoms with Crippen molar-refractivity contribution >= 4 is 39.7 Å². The fourth-order valence-electron chi connectivity index (χ4n) is 2.20. The number of hydrogen-bond donors (Lipinski definition) is 4. The lowest BCUT2D eigenvalue weighted by Gasteiger charge is -2.15. The summed E-state index contributed by atoms with van der Waals surface area (Å²) in [7, 11) is 0. The van der Waals surface area contributed by atoms with E-state index in [9.17, 15) is 9.59 Å². The maximum Gasteiger partial charge on any atom is 0.269 e. The molecule has 0 aliphatic carbocycles. The molecule has 0 radical (unpaired) electrons. The lowest BCUT2D eigenvalue weighted by atomic mass is 10.2. The van der Waals surface area contributed by atoms with Crippen LogP contribution in [0.15, 0.2) is 54.8 Å². The molecule has 0 saturated heterocycles. The Bertz CT molecular complexity index is 932. The molecule has 0 bridgehead atoms. The fraction of sp³-hybridized carbons (Fsp3) is 0.158. The van der Waals surface area contributed by atoms with Crippen molar-refractivity contribution in [1.29, 1.82) is 0 Å². The van der Waals surface area contributed by atoms with Gasteiger partial charge in [0.15, 0.2) is 5.69 Å². The summed E-state index contributed by atoms with van der Waals surface area (Å²) >= 11 is 1.25.